The van der Waals surface area contributed by atoms with Gasteiger partial charge in [-0.1, -0.05) is 35.3 Å². The second-order valence-corrected chi connectivity index (χ2v) is 5.14. The Labute approximate surface area is 121 Å². The van der Waals surface area contributed by atoms with Gasteiger partial charge in [0.2, 0.25) is 0 Å². The molecule has 0 spiro atoms. The lowest BCUT2D eigenvalue weighted by Crippen LogP contribution is -2.05. The van der Waals surface area contributed by atoms with Gasteiger partial charge in [0.15, 0.2) is 5.78 Å². The van der Waals surface area contributed by atoms with E-state index in [1.807, 2.05) is 0 Å². The van der Waals surface area contributed by atoms with Crippen LogP contribution >= 0.6 is 23.2 Å². The van der Waals surface area contributed by atoms with Crippen LogP contribution in [0.4, 0.5) is 4.39 Å². The van der Waals surface area contributed by atoms with Gasteiger partial charge in [-0.3, -0.25) is 4.79 Å². The summed E-state index contributed by atoms with van der Waals surface area (Å²) >= 11 is 11.9. The molecule has 0 heterocycles. The van der Waals surface area contributed by atoms with Crippen molar-refractivity contribution in [3.8, 4) is 0 Å². The fourth-order valence-electron chi connectivity index (χ4n) is 1.72. The summed E-state index contributed by atoms with van der Waals surface area (Å²) in [4.78, 5) is 12.1. The number of ketones is 1. The number of hydrogen-bond donors (Lipinski definition) is 0. The smallest absolute Gasteiger partial charge is 0.167 e. The summed E-state index contributed by atoms with van der Waals surface area (Å²) in [6.07, 6.45) is 0.0991. The topological polar surface area (TPSA) is 17.1 Å². The van der Waals surface area contributed by atoms with Gasteiger partial charge in [-0.25, -0.2) is 4.39 Å². The molecule has 98 valence electrons. The normalized spacial score (nSPS) is 10.5. The lowest BCUT2D eigenvalue weighted by molar-refractivity contribution is 0.0992. The van der Waals surface area contributed by atoms with Crippen LogP contribution in [-0.4, -0.2) is 5.78 Å². The van der Waals surface area contributed by atoms with Crippen molar-refractivity contribution in [1.29, 1.82) is 0 Å². The third kappa shape index (κ3) is 3.34. The second kappa shape index (κ2) is 5.72. The van der Waals surface area contributed by atoms with E-state index < -0.39 is 0 Å². The number of aryl methyl sites for hydroxylation is 1. The second-order valence-electron chi connectivity index (χ2n) is 4.30. The third-order valence-electron chi connectivity index (χ3n) is 2.85. The van der Waals surface area contributed by atoms with Crippen LogP contribution in [0.5, 0.6) is 0 Å². The van der Waals surface area contributed by atoms with E-state index in [9.17, 15) is 9.18 Å². The molecule has 1 nitrogen and oxygen atoms in total. The fraction of sp³-hybridized carbons (Fsp3) is 0.133. The fourth-order valence-corrected chi connectivity index (χ4v) is 2.10. The Hall–Kier alpha value is -1.38. The minimum atomic E-state index is -0.386. The monoisotopic (exact) mass is 296 g/mol. The Balaban J connectivity index is 2.25. The molecule has 19 heavy (non-hydrogen) atoms. The van der Waals surface area contributed by atoms with Crippen LogP contribution in [-0.2, 0) is 6.42 Å². The number of hydrogen-bond acceptors (Lipinski definition) is 1. The summed E-state index contributed by atoms with van der Waals surface area (Å²) in [6, 6.07) is 9.38. The van der Waals surface area contributed by atoms with Gasteiger partial charge >= 0.3 is 0 Å². The lowest BCUT2D eigenvalue weighted by Gasteiger charge is -2.05. The van der Waals surface area contributed by atoms with Crippen LogP contribution < -0.4 is 0 Å². The van der Waals surface area contributed by atoms with Gasteiger partial charge in [-0.05, 0) is 42.3 Å². The zero-order valence-corrected chi connectivity index (χ0v) is 11.7. The van der Waals surface area contributed by atoms with Crippen LogP contribution in [0.1, 0.15) is 21.5 Å². The van der Waals surface area contributed by atoms with Crippen LogP contribution in [0.25, 0.3) is 0 Å². The summed E-state index contributed by atoms with van der Waals surface area (Å²) in [5.41, 5.74) is 1.48. The van der Waals surface area contributed by atoms with Crippen molar-refractivity contribution in [2.75, 3.05) is 0 Å². The number of carbonyl (C=O) groups is 1. The van der Waals surface area contributed by atoms with Crippen molar-refractivity contribution in [3.05, 3.63) is 69.0 Å². The molecule has 2 aromatic carbocycles. The molecule has 0 atom stereocenters. The Morgan fingerprint density at radius 2 is 1.89 bits per heavy atom. The van der Waals surface area contributed by atoms with Crippen molar-refractivity contribution in [3.63, 3.8) is 0 Å². The summed E-state index contributed by atoms with van der Waals surface area (Å²) in [7, 11) is 0. The van der Waals surface area contributed by atoms with Gasteiger partial charge in [0, 0.05) is 22.0 Å². The molecule has 0 aliphatic carbocycles. The summed E-state index contributed by atoms with van der Waals surface area (Å²) in [5.74, 6) is -0.578. The van der Waals surface area contributed by atoms with Crippen LogP contribution in [0.3, 0.4) is 0 Å². The number of Topliss-reactive ketones (excluding diaryl/α,β-unsaturated/α-hetero) is 1. The van der Waals surface area contributed by atoms with Gasteiger partial charge in [0.1, 0.15) is 5.82 Å². The zero-order valence-electron chi connectivity index (χ0n) is 10.2. The average Bonchev–Trinajstić information content (AvgIpc) is 2.37. The van der Waals surface area contributed by atoms with Gasteiger partial charge in [-0.15, -0.1) is 0 Å². The minimum Gasteiger partial charge on any atom is -0.294 e. The molecule has 0 fully saturated rings. The first-order valence-electron chi connectivity index (χ1n) is 5.70. The van der Waals surface area contributed by atoms with Gasteiger partial charge in [-0.2, -0.15) is 0 Å². The van der Waals surface area contributed by atoms with Crippen LogP contribution in [0.2, 0.25) is 10.0 Å². The number of benzene rings is 2. The lowest BCUT2D eigenvalue weighted by atomic mass is 10.0. The first kappa shape index (κ1) is 14.0. The molecule has 0 aromatic heterocycles. The summed E-state index contributed by atoms with van der Waals surface area (Å²) in [5, 5.41) is 0.993. The number of rotatable bonds is 3. The van der Waals surface area contributed by atoms with Gasteiger partial charge in [0.25, 0.3) is 0 Å². The molecular formula is C15H11Cl2FO. The SMILES string of the molecule is Cc1ccc(C(=O)Cc2cc(Cl)ccc2Cl)cc1F. The molecule has 0 unspecified atom stereocenters. The molecule has 0 saturated carbocycles. The molecule has 2 aromatic rings. The van der Waals surface area contributed by atoms with Crippen LogP contribution in [0.15, 0.2) is 36.4 Å². The van der Waals surface area contributed by atoms with Crippen molar-refractivity contribution in [2.45, 2.75) is 13.3 Å². The van der Waals surface area contributed by atoms with Crippen molar-refractivity contribution >= 4 is 29.0 Å². The van der Waals surface area contributed by atoms with Crippen LogP contribution in [0, 0.1) is 12.7 Å². The van der Waals surface area contributed by atoms with E-state index >= 15 is 0 Å². The molecular weight excluding hydrogens is 286 g/mol. The Morgan fingerprint density at radius 3 is 2.58 bits per heavy atom. The molecule has 0 saturated heterocycles. The molecule has 0 aliphatic rings. The van der Waals surface area contributed by atoms with E-state index in [4.69, 9.17) is 23.2 Å². The predicted molar refractivity (Wildman–Crippen MR) is 75.6 cm³/mol. The first-order chi connectivity index (χ1) is 8.97. The van der Waals surface area contributed by atoms with Gasteiger partial charge in [0.05, 0.1) is 0 Å². The quantitative estimate of drug-likeness (QED) is 0.739. The molecule has 0 N–H and O–H groups in total. The van der Waals surface area contributed by atoms with Crippen molar-refractivity contribution in [2.24, 2.45) is 0 Å². The maximum absolute atomic E-state index is 13.4. The van der Waals surface area contributed by atoms with E-state index in [1.54, 1.807) is 37.3 Å². The highest BCUT2D eigenvalue weighted by Crippen LogP contribution is 2.22. The standard InChI is InChI=1S/C15H11Cl2FO/c1-9-2-3-10(7-14(9)18)15(19)8-11-6-12(16)4-5-13(11)17/h2-7H,8H2,1H3. The highest BCUT2D eigenvalue weighted by molar-refractivity contribution is 6.33. The van der Waals surface area contributed by atoms with E-state index in [2.05, 4.69) is 0 Å². The summed E-state index contributed by atoms with van der Waals surface area (Å²) < 4.78 is 13.4. The Kier molecular flexibility index (Phi) is 4.23. The largest absolute Gasteiger partial charge is 0.294 e. The zero-order chi connectivity index (χ0) is 14.0. The third-order valence-corrected chi connectivity index (χ3v) is 3.46. The predicted octanol–water partition coefficient (Wildman–Crippen LogP) is 4.87. The molecule has 2 rings (SSSR count). The maximum atomic E-state index is 13.4. The Bertz CT molecular complexity index is 638. The average molecular weight is 297 g/mol. The molecule has 0 radical (unpaired) electrons. The van der Waals surface area contributed by atoms with E-state index in [0.717, 1.165) is 0 Å². The minimum absolute atomic E-state index is 0.0991. The number of halogens is 3. The molecule has 0 amide bonds. The first-order valence-corrected chi connectivity index (χ1v) is 6.46. The summed E-state index contributed by atoms with van der Waals surface area (Å²) in [6.45, 7) is 1.65. The van der Waals surface area contributed by atoms with E-state index in [-0.39, 0.29) is 18.0 Å². The molecule has 4 heteroatoms. The highest BCUT2D eigenvalue weighted by Gasteiger charge is 2.11. The number of carbonyl (C=O) groups excluding carboxylic acids is 1. The Morgan fingerprint density at radius 1 is 1.16 bits per heavy atom. The molecule has 0 aliphatic heterocycles. The van der Waals surface area contributed by atoms with Crippen molar-refractivity contribution < 1.29 is 9.18 Å². The maximum Gasteiger partial charge on any atom is 0.167 e. The van der Waals surface area contributed by atoms with Gasteiger partial charge < -0.3 is 0 Å². The highest BCUT2D eigenvalue weighted by atomic mass is 35.5. The van der Waals surface area contributed by atoms with Crippen molar-refractivity contribution in [1.82, 2.24) is 0 Å². The van der Waals surface area contributed by atoms with E-state index in [1.165, 1.54) is 6.07 Å². The molecule has 0 bridgehead atoms. The van der Waals surface area contributed by atoms with E-state index in [0.29, 0.717) is 26.7 Å².